The van der Waals surface area contributed by atoms with Crippen molar-refractivity contribution in [3.63, 3.8) is 0 Å². The molecule has 0 N–H and O–H groups in total. The molecule has 0 saturated carbocycles. The van der Waals surface area contributed by atoms with Gasteiger partial charge in [0.1, 0.15) is 0 Å². The maximum absolute atomic E-state index is 5.20. The van der Waals surface area contributed by atoms with Crippen LogP contribution in [0.2, 0.25) is 0 Å². The third kappa shape index (κ3) is 5.52. The Balaban J connectivity index is 0.000000561. The topological polar surface area (TPSA) is 21.7 Å². The largest absolute Gasteiger partial charge is 0.383 e. The molecule has 1 heterocycles. The summed E-state index contributed by atoms with van der Waals surface area (Å²) in [7, 11) is 1.74. The highest BCUT2D eigenvalue weighted by Crippen LogP contribution is 1.94. The molecule has 3 heteroatoms. The van der Waals surface area contributed by atoms with Gasteiger partial charge in [-0.15, -0.1) is 0 Å². The van der Waals surface area contributed by atoms with E-state index >= 15 is 0 Å². The SMILES string of the molecule is CC.COCCN1CCOCC1. The average Bonchev–Trinajstić information content (AvgIpc) is 2.19. The molecule has 1 aliphatic heterocycles. The fourth-order valence-electron chi connectivity index (χ4n) is 1.05. The minimum Gasteiger partial charge on any atom is -0.383 e. The third-order valence-electron chi connectivity index (χ3n) is 1.72. The number of rotatable bonds is 3. The molecule has 0 unspecified atom stereocenters. The second-order valence-electron chi connectivity index (χ2n) is 2.45. The van der Waals surface area contributed by atoms with E-state index in [0.29, 0.717) is 0 Å². The van der Waals surface area contributed by atoms with Crippen molar-refractivity contribution in [2.45, 2.75) is 13.8 Å². The molecule has 0 amide bonds. The smallest absolute Gasteiger partial charge is 0.0594 e. The number of hydrogen-bond donors (Lipinski definition) is 0. The van der Waals surface area contributed by atoms with Gasteiger partial charge < -0.3 is 9.47 Å². The van der Waals surface area contributed by atoms with Crippen LogP contribution in [0.3, 0.4) is 0 Å². The predicted octanol–water partition coefficient (Wildman–Crippen LogP) is 0.991. The van der Waals surface area contributed by atoms with Gasteiger partial charge in [0.25, 0.3) is 0 Å². The Hall–Kier alpha value is -0.120. The van der Waals surface area contributed by atoms with Gasteiger partial charge in [-0.05, 0) is 0 Å². The van der Waals surface area contributed by atoms with E-state index in [1.165, 1.54) is 0 Å². The van der Waals surface area contributed by atoms with Crippen LogP contribution < -0.4 is 0 Å². The van der Waals surface area contributed by atoms with E-state index in [9.17, 15) is 0 Å². The zero-order valence-corrected chi connectivity index (χ0v) is 8.51. The summed E-state index contributed by atoms with van der Waals surface area (Å²) >= 11 is 0. The van der Waals surface area contributed by atoms with Crippen molar-refractivity contribution in [3.05, 3.63) is 0 Å². The van der Waals surface area contributed by atoms with Crippen molar-refractivity contribution in [1.82, 2.24) is 4.90 Å². The van der Waals surface area contributed by atoms with Gasteiger partial charge in [-0.25, -0.2) is 0 Å². The van der Waals surface area contributed by atoms with E-state index in [0.717, 1.165) is 39.5 Å². The Morgan fingerprint density at radius 1 is 1.25 bits per heavy atom. The van der Waals surface area contributed by atoms with E-state index in [1.54, 1.807) is 7.11 Å². The molecule has 0 aliphatic carbocycles. The molecule has 0 radical (unpaired) electrons. The van der Waals surface area contributed by atoms with Gasteiger partial charge in [-0.3, -0.25) is 4.90 Å². The van der Waals surface area contributed by atoms with Crippen molar-refractivity contribution in [2.75, 3.05) is 46.6 Å². The lowest BCUT2D eigenvalue weighted by Gasteiger charge is -2.25. The van der Waals surface area contributed by atoms with Crippen molar-refractivity contribution >= 4 is 0 Å². The maximum atomic E-state index is 5.20. The number of morpholine rings is 1. The van der Waals surface area contributed by atoms with Gasteiger partial charge in [-0.1, -0.05) is 13.8 Å². The van der Waals surface area contributed by atoms with Gasteiger partial charge in [0, 0.05) is 26.7 Å². The zero-order chi connectivity index (χ0) is 9.23. The molecule has 74 valence electrons. The van der Waals surface area contributed by atoms with Crippen molar-refractivity contribution in [2.24, 2.45) is 0 Å². The van der Waals surface area contributed by atoms with Crippen LogP contribution in [0.1, 0.15) is 13.8 Å². The van der Waals surface area contributed by atoms with E-state index in [-0.39, 0.29) is 0 Å². The summed E-state index contributed by atoms with van der Waals surface area (Å²) in [6, 6.07) is 0. The molecule has 0 spiro atoms. The Kier molecular flexibility index (Phi) is 8.88. The van der Waals surface area contributed by atoms with Crippen LogP contribution in [0.25, 0.3) is 0 Å². The average molecular weight is 175 g/mol. The van der Waals surface area contributed by atoms with Gasteiger partial charge in [0.2, 0.25) is 0 Å². The summed E-state index contributed by atoms with van der Waals surface area (Å²) in [5.41, 5.74) is 0. The number of methoxy groups -OCH3 is 1. The van der Waals surface area contributed by atoms with Crippen LogP contribution in [0, 0.1) is 0 Å². The first-order valence-corrected chi connectivity index (χ1v) is 4.72. The van der Waals surface area contributed by atoms with Crippen LogP contribution in [-0.2, 0) is 9.47 Å². The van der Waals surface area contributed by atoms with Gasteiger partial charge in [0.15, 0.2) is 0 Å². The summed E-state index contributed by atoms with van der Waals surface area (Å²) in [6.07, 6.45) is 0. The lowest BCUT2D eigenvalue weighted by Crippen LogP contribution is -2.38. The molecule has 0 aromatic heterocycles. The Morgan fingerprint density at radius 3 is 2.33 bits per heavy atom. The molecule has 1 aliphatic rings. The molecule has 0 aromatic carbocycles. The summed E-state index contributed by atoms with van der Waals surface area (Å²) in [5, 5.41) is 0. The summed E-state index contributed by atoms with van der Waals surface area (Å²) in [6.45, 7) is 9.75. The van der Waals surface area contributed by atoms with Crippen LogP contribution in [-0.4, -0.2) is 51.5 Å². The Labute approximate surface area is 75.6 Å². The first kappa shape index (κ1) is 11.9. The van der Waals surface area contributed by atoms with Gasteiger partial charge >= 0.3 is 0 Å². The highest BCUT2D eigenvalue weighted by atomic mass is 16.5. The Bertz CT molecular complexity index is 82.6. The van der Waals surface area contributed by atoms with E-state index in [1.807, 2.05) is 13.8 Å². The van der Waals surface area contributed by atoms with Gasteiger partial charge in [0.05, 0.1) is 19.8 Å². The predicted molar refractivity (Wildman–Crippen MR) is 50.5 cm³/mol. The molecule has 0 atom stereocenters. The van der Waals surface area contributed by atoms with Crippen molar-refractivity contribution < 1.29 is 9.47 Å². The van der Waals surface area contributed by atoms with Crippen molar-refractivity contribution in [1.29, 1.82) is 0 Å². The standard InChI is InChI=1S/C7H15NO2.C2H6/c1-9-5-2-8-3-6-10-7-4-8;1-2/h2-7H2,1H3;1-2H3. The number of nitrogens with zero attached hydrogens (tertiary/aromatic N) is 1. The van der Waals surface area contributed by atoms with Crippen molar-refractivity contribution in [3.8, 4) is 0 Å². The third-order valence-corrected chi connectivity index (χ3v) is 1.72. The first-order chi connectivity index (χ1) is 5.93. The van der Waals surface area contributed by atoms with Crippen LogP contribution in [0.5, 0.6) is 0 Å². The first-order valence-electron chi connectivity index (χ1n) is 4.72. The van der Waals surface area contributed by atoms with E-state index in [4.69, 9.17) is 9.47 Å². The molecule has 1 saturated heterocycles. The zero-order valence-electron chi connectivity index (χ0n) is 8.51. The van der Waals surface area contributed by atoms with E-state index in [2.05, 4.69) is 4.90 Å². The second-order valence-corrected chi connectivity index (χ2v) is 2.45. The minimum absolute atomic E-state index is 0.833. The number of hydrogen-bond acceptors (Lipinski definition) is 3. The molecule has 12 heavy (non-hydrogen) atoms. The van der Waals surface area contributed by atoms with Crippen LogP contribution in [0.15, 0.2) is 0 Å². The normalized spacial score (nSPS) is 18.2. The fourth-order valence-corrected chi connectivity index (χ4v) is 1.05. The van der Waals surface area contributed by atoms with Crippen LogP contribution >= 0.6 is 0 Å². The van der Waals surface area contributed by atoms with Gasteiger partial charge in [-0.2, -0.15) is 0 Å². The highest BCUT2D eigenvalue weighted by molar-refractivity contribution is 4.60. The van der Waals surface area contributed by atoms with E-state index < -0.39 is 0 Å². The highest BCUT2D eigenvalue weighted by Gasteiger charge is 2.08. The minimum atomic E-state index is 0.833. The molecular formula is C9H21NO2. The summed E-state index contributed by atoms with van der Waals surface area (Å²) in [4.78, 5) is 2.35. The monoisotopic (exact) mass is 175 g/mol. The lowest BCUT2D eigenvalue weighted by atomic mass is 10.4. The molecule has 1 rings (SSSR count). The summed E-state index contributed by atoms with van der Waals surface area (Å²) < 4.78 is 10.2. The second kappa shape index (κ2) is 8.97. The lowest BCUT2D eigenvalue weighted by molar-refractivity contribution is 0.0263. The molecule has 1 fully saturated rings. The maximum Gasteiger partial charge on any atom is 0.0594 e. The number of ether oxygens (including phenoxy) is 2. The molecular weight excluding hydrogens is 154 g/mol. The molecule has 0 bridgehead atoms. The Morgan fingerprint density at radius 2 is 1.83 bits per heavy atom. The quantitative estimate of drug-likeness (QED) is 0.638. The molecule has 3 nitrogen and oxygen atoms in total. The molecule has 0 aromatic rings. The fraction of sp³-hybridized carbons (Fsp3) is 1.00. The summed E-state index contributed by atoms with van der Waals surface area (Å²) in [5.74, 6) is 0. The van der Waals surface area contributed by atoms with Crippen LogP contribution in [0.4, 0.5) is 0 Å².